The summed E-state index contributed by atoms with van der Waals surface area (Å²) in [4.78, 5) is 19.2. The quantitative estimate of drug-likeness (QED) is 0.664. The Morgan fingerprint density at radius 2 is 2.00 bits per heavy atom. The lowest BCUT2D eigenvalue weighted by Gasteiger charge is -2.41. The lowest BCUT2D eigenvalue weighted by atomic mass is 10.0. The Morgan fingerprint density at radius 3 is 2.67 bits per heavy atom. The molecule has 1 aliphatic rings. The van der Waals surface area contributed by atoms with Crippen molar-refractivity contribution in [1.82, 2.24) is 24.8 Å². The molecule has 1 saturated heterocycles. The van der Waals surface area contributed by atoms with E-state index in [1.54, 1.807) is 24.4 Å². The molecule has 0 amide bonds. The minimum Gasteiger partial charge on any atom is -0.373 e. The zero-order valence-electron chi connectivity index (χ0n) is 17.5. The topological polar surface area (TPSA) is 92.9 Å². The number of anilines is 1. The molecule has 3 aromatic rings. The zero-order valence-corrected chi connectivity index (χ0v) is 17.5. The van der Waals surface area contributed by atoms with Crippen LogP contribution in [0, 0.1) is 5.82 Å². The second kappa shape index (κ2) is 8.12. The van der Waals surface area contributed by atoms with Gasteiger partial charge in [-0.15, -0.1) is 0 Å². The van der Waals surface area contributed by atoms with E-state index in [1.807, 2.05) is 0 Å². The highest BCUT2D eigenvalue weighted by Crippen LogP contribution is 2.34. The van der Waals surface area contributed by atoms with Crippen molar-refractivity contribution in [2.45, 2.75) is 38.8 Å². The van der Waals surface area contributed by atoms with Gasteiger partial charge in [0.1, 0.15) is 11.6 Å². The summed E-state index contributed by atoms with van der Waals surface area (Å²) in [6, 6.07) is 8.21. The van der Waals surface area contributed by atoms with Crippen molar-refractivity contribution in [3.05, 3.63) is 48.2 Å². The Bertz CT molecular complexity index is 1020. The van der Waals surface area contributed by atoms with Gasteiger partial charge < -0.3 is 15.5 Å². The summed E-state index contributed by atoms with van der Waals surface area (Å²) in [6.45, 7) is 8.69. The van der Waals surface area contributed by atoms with E-state index in [0.29, 0.717) is 18.0 Å². The molecule has 0 saturated carbocycles. The van der Waals surface area contributed by atoms with E-state index >= 15 is 0 Å². The predicted molar refractivity (Wildman–Crippen MR) is 114 cm³/mol. The van der Waals surface area contributed by atoms with Crippen LogP contribution in [-0.2, 0) is 4.74 Å². The molecule has 1 aliphatic heterocycles. The number of nitrogens with zero attached hydrogens (tertiary/aromatic N) is 4. The van der Waals surface area contributed by atoms with Crippen molar-refractivity contribution in [1.29, 1.82) is 0 Å². The van der Waals surface area contributed by atoms with Gasteiger partial charge >= 0.3 is 0 Å². The number of H-pyrrole nitrogens is 1. The van der Waals surface area contributed by atoms with E-state index in [9.17, 15) is 4.39 Å². The summed E-state index contributed by atoms with van der Waals surface area (Å²) in [6.07, 6.45) is 2.51. The number of nitrogen functional groups attached to an aromatic ring is 1. The maximum Gasteiger partial charge on any atom is 0.220 e. The number of aromatic amines is 1. The highest BCUT2D eigenvalue weighted by molar-refractivity contribution is 5.77. The van der Waals surface area contributed by atoms with Crippen molar-refractivity contribution >= 4 is 5.95 Å². The van der Waals surface area contributed by atoms with Gasteiger partial charge in [-0.3, -0.25) is 4.90 Å². The fraction of sp³-hybridized carbons (Fsp3) is 0.409. The Balaban J connectivity index is 1.79. The van der Waals surface area contributed by atoms with E-state index < -0.39 is 0 Å². The standard InChI is InChI=1S/C22H27FN6O/c1-4-17(29-11-12-30-22(2,3)13-29)20-27-18(14-5-7-15(23)8-6-14)19(28-20)16-9-10-25-21(24)26-16/h5-10,17H,4,11-13H2,1-3H3,(H,27,28)(H2,24,25,26). The molecule has 1 aromatic carbocycles. The minimum atomic E-state index is -0.288. The monoisotopic (exact) mass is 410 g/mol. The SMILES string of the molecule is CCC(c1nc(-c2ccc(F)cc2)c(-c2ccnc(N)n2)[nH]1)N1CCOC(C)(C)C1. The second-order valence-corrected chi connectivity index (χ2v) is 8.16. The van der Waals surface area contributed by atoms with Gasteiger partial charge in [-0.05, 0) is 50.6 Å². The molecule has 3 N–H and O–H groups in total. The van der Waals surface area contributed by atoms with Crippen LogP contribution in [0.1, 0.15) is 39.1 Å². The molecule has 3 heterocycles. The van der Waals surface area contributed by atoms with Gasteiger partial charge in [0, 0.05) is 24.8 Å². The molecule has 0 radical (unpaired) electrons. The molecule has 2 aromatic heterocycles. The van der Waals surface area contributed by atoms with Crippen LogP contribution in [0.4, 0.5) is 10.3 Å². The number of morpholine rings is 1. The Labute approximate surface area is 175 Å². The lowest BCUT2D eigenvalue weighted by molar-refractivity contribution is -0.0987. The molecule has 1 fully saturated rings. The Kier molecular flexibility index (Phi) is 5.53. The third-order valence-electron chi connectivity index (χ3n) is 5.37. The van der Waals surface area contributed by atoms with Crippen LogP contribution in [0.3, 0.4) is 0 Å². The van der Waals surface area contributed by atoms with Gasteiger partial charge in [-0.25, -0.2) is 19.3 Å². The van der Waals surface area contributed by atoms with Crippen molar-refractivity contribution < 1.29 is 9.13 Å². The van der Waals surface area contributed by atoms with Crippen LogP contribution in [0.25, 0.3) is 22.6 Å². The molecule has 0 bridgehead atoms. The first-order valence-electron chi connectivity index (χ1n) is 10.2. The number of hydrogen-bond donors (Lipinski definition) is 2. The average Bonchev–Trinajstić information content (AvgIpc) is 3.13. The molecule has 0 spiro atoms. The van der Waals surface area contributed by atoms with Crippen LogP contribution in [0.15, 0.2) is 36.5 Å². The number of aromatic nitrogens is 4. The van der Waals surface area contributed by atoms with Crippen molar-refractivity contribution in [2.75, 3.05) is 25.4 Å². The summed E-state index contributed by atoms with van der Waals surface area (Å²) in [5, 5.41) is 0. The third kappa shape index (κ3) is 4.20. The number of imidazole rings is 1. The maximum absolute atomic E-state index is 13.5. The third-order valence-corrected chi connectivity index (χ3v) is 5.37. The zero-order chi connectivity index (χ0) is 21.3. The van der Waals surface area contributed by atoms with E-state index in [4.69, 9.17) is 15.5 Å². The summed E-state index contributed by atoms with van der Waals surface area (Å²) in [5.41, 5.74) is 8.53. The second-order valence-electron chi connectivity index (χ2n) is 8.16. The van der Waals surface area contributed by atoms with Gasteiger partial charge in [-0.2, -0.15) is 0 Å². The van der Waals surface area contributed by atoms with Crippen LogP contribution in [0.2, 0.25) is 0 Å². The van der Waals surface area contributed by atoms with E-state index in [0.717, 1.165) is 36.6 Å². The predicted octanol–water partition coefficient (Wildman–Crippen LogP) is 3.82. The van der Waals surface area contributed by atoms with Crippen LogP contribution in [-0.4, -0.2) is 50.1 Å². The van der Waals surface area contributed by atoms with Crippen LogP contribution < -0.4 is 5.73 Å². The largest absolute Gasteiger partial charge is 0.373 e. The highest BCUT2D eigenvalue weighted by atomic mass is 19.1. The van der Waals surface area contributed by atoms with E-state index in [-0.39, 0.29) is 23.4 Å². The molecule has 4 rings (SSSR count). The molecule has 158 valence electrons. The lowest BCUT2D eigenvalue weighted by Crippen LogP contribution is -2.49. The number of hydrogen-bond acceptors (Lipinski definition) is 6. The molecule has 0 aliphatic carbocycles. The molecule has 1 atom stereocenters. The van der Waals surface area contributed by atoms with Gasteiger partial charge in [0.05, 0.1) is 35.3 Å². The number of nitrogens with one attached hydrogen (secondary N) is 1. The Hall–Kier alpha value is -2.84. The van der Waals surface area contributed by atoms with Crippen molar-refractivity contribution in [2.24, 2.45) is 0 Å². The van der Waals surface area contributed by atoms with Crippen molar-refractivity contribution in [3.63, 3.8) is 0 Å². The van der Waals surface area contributed by atoms with Crippen molar-refractivity contribution in [3.8, 4) is 22.6 Å². The number of nitrogens with two attached hydrogens (primary N) is 1. The Morgan fingerprint density at radius 1 is 1.23 bits per heavy atom. The minimum absolute atomic E-state index is 0.0975. The van der Waals surface area contributed by atoms with E-state index in [1.165, 1.54) is 12.1 Å². The van der Waals surface area contributed by atoms with Gasteiger partial charge in [0.15, 0.2) is 0 Å². The molecular formula is C22H27FN6O. The summed E-state index contributed by atoms with van der Waals surface area (Å²) in [7, 11) is 0. The number of halogens is 1. The molecule has 30 heavy (non-hydrogen) atoms. The molecule has 8 heteroatoms. The first-order valence-corrected chi connectivity index (χ1v) is 10.2. The fourth-order valence-corrected chi connectivity index (χ4v) is 4.01. The summed E-state index contributed by atoms with van der Waals surface area (Å²) < 4.78 is 19.4. The van der Waals surface area contributed by atoms with Crippen LogP contribution >= 0.6 is 0 Å². The first kappa shape index (κ1) is 20.4. The number of benzene rings is 1. The molecule has 1 unspecified atom stereocenters. The molecule has 7 nitrogen and oxygen atoms in total. The van der Waals surface area contributed by atoms with Gasteiger partial charge in [0.2, 0.25) is 5.95 Å². The number of ether oxygens (including phenoxy) is 1. The van der Waals surface area contributed by atoms with Crippen LogP contribution in [0.5, 0.6) is 0 Å². The average molecular weight is 410 g/mol. The van der Waals surface area contributed by atoms with Gasteiger partial charge in [0.25, 0.3) is 0 Å². The maximum atomic E-state index is 13.5. The van der Waals surface area contributed by atoms with Gasteiger partial charge in [-0.1, -0.05) is 6.92 Å². The molecular weight excluding hydrogens is 383 g/mol. The summed E-state index contributed by atoms with van der Waals surface area (Å²) in [5.74, 6) is 0.752. The summed E-state index contributed by atoms with van der Waals surface area (Å²) >= 11 is 0. The normalized spacial score (nSPS) is 17.7. The highest BCUT2D eigenvalue weighted by Gasteiger charge is 2.33. The number of rotatable bonds is 5. The first-order chi connectivity index (χ1) is 14.4. The smallest absolute Gasteiger partial charge is 0.220 e. The fourth-order valence-electron chi connectivity index (χ4n) is 4.01. The van der Waals surface area contributed by atoms with E-state index in [2.05, 4.69) is 40.6 Å².